The molecule has 140 valence electrons. The van der Waals surface area contributed by atoms with Gasteiger partial charge in [-0.3, -0.25) is 4.79 Å². The summed E-state index contributed by atoms with van der Waals surface area (Å²) in [5, 5.41) is 0. The predicted octanol–water partition coefficient (Wildman–Crippen LogP) is 4.68. The van der Waals surface area contributed by atoms with Crippen LogP contribution in [0.1, 0.15) is 22.8 Å². The van der Waals surface area contributed by atoms with Gasteiger partial charge in [-0.25, -0.2) is 0 Å². The summed E-state index contributed by atoms with van der Waals surface area (Å²) in [6, 6.07) is 12.1. The van der Waals surface area contributed by atoms with E-state index in [1.807, 2.05) is 18.4 Å². The molecule has 2 aromatic rings. The van der Waals surface area contributed by atoms with E-state index < -0.39 is 6.61 Å². The molecule has 7 heteroatoms. The molecule has 0 aliphatic rings. The van der Waals surface area contributed by atoms with Gasteiger partial charge in [0.05, 0.1) is 6.61 Å². The number of nitrogens with zero attached hydrogens (tertiary/aromatic N) is 1. The molecule has 0 unspecified atom stereocenters. The highest BCUT2D eigenvalue weighted by Crippen LogP contribution is 2.30. The Morgan fingerprint density at radius 3 is 2.42 bits per heavy atom. The normalized spacial score (nSPS) is 10.7. The van der Waals surface area contributed by atoms with Gasteiger partial charge in [0.15, 0.2) is 11.5 Å². The highest BCUT2D eigenvalue weighted by Gasteiger charge is 2.15. The summed E-state index contributed by atoms with van der Waals surface area (Å²) in [5.41, 5.74) is 1.35. The number of benzene rings is 2. The molecule has 0 bridgehead atoms. The van der Waals surface area contributed by atoms with Crippen LogP contribution in [0.3, 0.4) is 0 Å². The fourth-order valence-corrected chi connectivity index (χ4v) is 2.82. The molecule has 0 aromatic heterocycles. The van der Waals surface area contributed by atoms with Gasteiger partial charge in [0.1, 0.15) is 0 Å². The highest BCUT2D eigenvalue weighted by molar-refractivity contribution is 7.98. The second-order valence-corrected chi connectivity index (χ2v) is 6.36. The minimum Gasteiger partial charge on any atom is -0.490 e. The number of halogens is 2. The number of hydrogen-bond donors (Lipinski definition) is 0. The van der Waals surface area contributed by atoms with E-state index in [-0.39, 0.29) is 17.4 Å². The number of ether oxygens (including phenoxy) is 2. The van der Waals surface area contributed by atoms with Gasteiger partial charge in [0.2, 0.25) is 0 Å². The number of amides is 1. The monoisotopic (exact) mass is 381 g/mol. The van der Waals surface area contributed by atoms with E-state index in [0.717, 1.165) is 10.5 Å². The van der Waals surface area contributed by atoms with Crippen molar-refractivity contribution in [3.05, 3.63) is 53.6 Å². The van der Waals surface area contributed by atoms with Gasteiger partial charge in [-0.2, -0.15) is 8.78 Å². The standard InChI is InChI=1S/C19H21F2NO3S/c1-4-24-17-11-13(5-10-16(17)25-19(20)21)12-22(2)18(23)14-6-8-15(26-3)9-7-14/h5-11,19H,4,12H2,1-3H3. The van der Waals surface area contributed by atoms with Crippen molar-refractivity contribution in [1.82, 2.24) is 4.90 Å². The third-order valence-corrected chi connectivity index (χ3v) is 4.37. The van der Waals surface area contributed by atoms with Gasteiger partial charge in [0.25, 0.3) is 5.91 Å². The van der Waals surface area contributed by atoms with Crippen LogP contribution >= 0.6 is 11.8 Å². The fraction of sp³-hybridized carbons (Fsp3) is 0.316. The van der Waals surface area contributed by atoms with Gasteiger partial charge in [-0.15, -0.1) is 11.8 Å². The van der Waals surface area contributed by atoms with Crippen LogP contribution in [0.5, 0.6) is 11.5 Å². The Morgan fingerprint density at radius 2 is 1.85 bits per heavy atom. The number of thioether (sulfide) groups is 1. The first-order valence-electron chi connectivity index (χ1n) is 8.04. The molecule has 0 aliphatic heterocycles. The average molecular weight is 381 g/mol. The van der Waals surface area contributed by atoms with E-state index in [1.165, 1.54) is 6.07 Å². The van der Waals surface area contributed by atoms with Crippen molar-refractivity contribution in [2.75, 3.05) is 19.9 Å². The molecule has 0 saturated carbocycles. The molecule has 2 rings (SSSR count). The molecule has 0 radical (unpaired) electrons. The van der Waals surface area contributed by atoms with Crippen molar-refractivity contribution in [3.8, 4) is 11.5 Å². The fourth-order valence-electron chi connectivity index (χ4n) is 2.41. The van der Waals surface area contributed by atoms with Crippen LogP contribution in [-0.4, -0.2) is 37.3 Å². The molecule has 0 saturated heterocycles. The zero-order valence-electron chi connectivity index (χ0n) is 14.9. The Balaban J connectivity index is 2.12. The van der Waals surface area contributed by atoms with E-state index in [9.17, 15) is 13.6 Å². The summed E-state index contributed by atoms with van der Waals surface area (Å²) >= 11 is 1.61. The summed E-state index contributed by atoms with van der Waals surface area (Å²) in [4.78, 5) is 15.2. The first-order chi connectivity index (χ1) is 12.4. The second kappa shape index (κ2) is 9.43. The van der Waals surface area contributed by atoms with Crippen molar-refractivity contribution in [3.63, 3.8) is 0 Å². The predicted molar refractivity (Wildman–Crippen MR) is 98.3 cm³/mol. The molecule has 4 nitrogen and oxygen atoms in total. The van der Waals surface area contributed by atoms with Gasteiger partial charge in [0, 0.05) is 24.1 Å². The summed E-state index contributed by atoms with van der Waals surface area (Å²) in [6.07, 6.45) is 1.97. The zero-order valence-corrected chi connectivity index (χ0v) is 15.7. The molecule has 2 aromatic carbocycles. The van der Waals surface area contributed by atoms with Crippen molar-refractivity contribution in [2.24, 2.45) is 0 Å². The Hall–Kier alpha value is -2.28. The number of alkyl halides is 2. The lowest BCUT2D eigenvalue weighted by Crippen LogP contribution is -2.26. The minimum atomic E-state index is -2.92. The molecule has 0 heterocycles. The SMILES string of the molecule is CCOc1cc(CN(C)C(=O)c2ccc(SC)cc2)ccc1OC(F)F. The smallest absolute Gasteiger partial charge is 0.387 e. The molecule has 0 aliphatic carbocycles. The van der Waals surface area contributed by atoms with Crippen LogP contribution in [0.4, 0.5) is 8.78 Å². The lowest BCUT2D eigenvalue weighted by Gasteiger charge is -2.19. The zero-order chi connectivity index (χ0) is 19.1. The van der Waals surface area contributed by atoms with Crippen molar-refractivity contribution in [1.29, 1.82) is 0 Å². The van der Waals surface area contributed by atoms with Gasteiger partial charge < -0.3 is 14.4 Å². The van der Waals surface area contributed by atoms with Crippen LogP contribution in [0.25, 0.3) is 0 Å². The highest BCUT2D eigenvalue weighted by atomic mass is 32.2. The van der Waals surface area contributed by atoms with Crippen LogP contribution in [0.15, 0.2) is 47.4 Å². The van der Waals surface area contributed by atoms with E-state index in [1.54, 1.807) is 54.9 Å². The first kappa shape index (κ1) is 20.0. The van der Waals surface area contributed by atoms with Gasteiger partial charge in [-0.05, 0) is 55.1 Å². The minimum absolute atomic E-state index is 0.0211. The lowest BCUT2D eigenvalue weighted by atomic mass is 10.1. The number of carbonyl (C=O) groups excluding carboxylic acids is 1. The van der Waals surface area contributed by atoms with Crippen LogP contribution < -0.4 is 9.47 Å². The molecule has 0 atom stereocenters. The molecule has 1 amide bonds. The van der Waals surface area contributed by atoms with Crippen LogP contribution in [0, 0.1) is 0 Å². The molecule has 26 heavy (non-hydrogen) atoms. The van der Waals surface area contributed by atoms with E-state index in [2.05, 4.69) is 4.74 Å². The summed E-state index contributed by atoms with van der Waals surface area (Å²) in [5.74, 6) is 0.0891. The third kappa shape index (κ3) is 5.36. The second-order valence-electron chi connectivity index (χ2n) is 5.48. The quantitative estimate of drug-likeness (QED) is 0.623. The van der Waals surface area contributed by atoms with Crippen LogP contribution in [0.2, 0.25) is 0 Å². The summed E-state index contributed by atoms with van der Waals surface area (Å²) < 4.78 is 34.8. The maximum absolute atomic E-state index is 12.5. The maximum atomic E-state index is 12.5. The largest absolute Gasteiger partial charge is 0.490 e. The summed E-state index contributed by atoms with van der Waals surface area (Å²) in [6.45, 7) is -0.529. The third-order valence-electron chi connectivity index (χ3n) is 3.63. The van der Waals surface area contributed by atoms with Crippen molar-refractivity contribution in [2.45, 2.75) is 25.0 Å². The topological polar surface area (TPSA) is 38.8 Å². The Kier molecular flexibility index (Phi) is 7.26. The van der Waals surface area contributed by atoms with Gasteiger partial charge in [-0.1, -0.05) is 6.07 Å². The van der Waals surface area contributed by atoms with Crippen LogP contribution in [-0.2, 0) is 6.54 Å². The molecule has 0 N–H and O–H groups in total. The molecular weight excluding hydrogens is 360 g/mol. The van der Waals surface area contributed by atoms with Gasteiger partial charge >= 0.3 is 6.61 Å². The molecular formula is C19H21F2NO3S. The van der Waals surface area contributed by atoms with Crippen molar-refractivity contribution >= 4 is 17.7 Å². The average Bonchev–Trinajstić information content (AvgIpc) is 2.63. The summed E-state index contributed by atoms with van der Waals surface area (Å²) in [7, 11) is 1.69. The van der Waals surface area contributed by atoms with E-state index in [4.69, 9.17) is 4.74 Å². The van der Waals surface area contributed by atoms with Crippen molar-refractivity contribution < 1.29 is 23.0 Å². The first-order valence-corrected chi connectivity index (χ1v) is 9.27. The number of rotatable bonds is 8. The van der Waals surface area contributed by atoms with E-state index >= 15 is 0 Å². The molecule has 0 fully saturated rings. The number of hydrogen-bond acceptors (Lipinski definition) is 4. The number of carbonyl (C=O) groups is 1. The Bertz CT molecular complexity index is 738. The Labute approximate surface area is 156 Å². The molecule has 0 spiro atoms. The Morgan fingerprint density at radius 1 is 1.15 bits per heavy atom. The van der Waals surface area contributed by atoms with E-state index in [0.29, 0.717) is 18.7 Å². The lowest BCUT2D eigenvalue weighted by molar-refractivity contribution is -0.0514. The maximum Gasteiger partial charge on any atom is 0.387 e.